The van der Waals surface area contributed by atoms with E-state index in [4.69, 9.17) is 23.8 Å². The van der Waals surface area contributed by atoms with Gasteiger partial charge in [-0.25, -0.2) is 0 Å². The summed E-state index contributed by atoms with van der Waals surface area (Å²) in [5.41, 5.74) is 5.99. The molecular formula is C20H20BrClN4S. The van der Waals surface area contributed by atoms with Crippen LogP contribution in [0.3, 0.4) is 0 Å². The first-order chi connectivity index (χ1) is 12.8. The van der Waals surface area contributed by atoms with Gasteiger partial charge in [-0.1, -0.05) is 45.7 Å². The Morgan fingerprint density at radius 3 is 2.52 bits per heavy atom. The molecule has 2 N–H and O–H groups in total. The summed E-state index contributed by atoms with van der Waals surface area (Å²) in [6.07, 6.45) is 0. The number of aromatic nitrogens is 2. The number of aryl methyl sites for hydroxylation is 2. The molecule has 3 aromatic rings. The van der Waals surface area contributed by atoms with Crippen LogP contribution in [-0.4, -0.2) is 14.9 Å². The van der Waals surface area contributed by atoms with E-state index in [0.29, 0.717) is 16.7 Å². The van der Waals surface area contributed by atoms with Gasteiger partial charge in [0.2, 0.25) is 0 Å². The number of hydrogen-bond donors (Lipinski definition) is 2. The minimum absolute atomic E-state index is 0.509. The van der Waals surface area contributed by atoms with Gasteiger partial charge in [0.15, 0.2) is 5.11 Å². The van der Waals surface area contributed by atoms with E-state index in [1.807, 2.05) is 55.8 Å². The molecule has 27 heavy (non-hydrogen) atoms. The van der Waals surface area contributed by atoms with E-state index in [0.717, 1.165) is 32.8 Å². The third kappa shape index (κ3) is 4.89. The van der Waals surface area contributed by atoms with E-state index in [1.54, 1.807) is 0 Å². The lowest BCUT2D eigenvalue weighted by Gasteiger charge is -2.13. The highest BCUT2D eigenvalue weighted by atomic mass is 79.9. The van der Waals surface area contributed by atoms with E-state index in [2.05, 4.69) is 43.8 Å². The minimum atomic E-state index is 0.509. The van der Waals surface area contributed by atoms with E-state index < -0.39 is 0 Å². The van der Waals surface area contributed by atoms with Crippen LogP contribution in [0, 0.1) is 20.8 Å². The van der Waals surface area contributed by atoms with E-state index in [1.165, 1.54) is 5.56 Å². The fourth-order valence-corrected chi connectivity index (χ4v) is 3.44. The van der Waals surface area contributed by atoms with Gasteiger partial charge in [-0.05, 0) is 68.4 Å². The van der Waals surface area contributed by atoms with Crippen LogP contribution < -0.4 is 10.6 Å². The third-order valence-corrected chi connectivity index (χ3v) is 5.28. The van der Waals surface area contributed by atoms with Crippen LogP contribution in [0.2, 0.25) is 5.02 Å². The fourth-order valence-electron chi connectivity index (χ4n) is 2.79. The molecule has 0 atom stereocenters. The predicted molar refractivity (Wildman–Crippen MR) is 121 cm³/mol. The van der Waals surface area contributed by atoms with Crippen LogP contribution in [0.5, 0.6) is 0 Å². The standard InChI is InChI=1S/C20H20BrClN4S/c1-12-4-9-17(22)10-18(12)23-20(27)24-19-13(2)25-26(14(19)3)11-15-5-7-16(21)8-6-15/h4-10H,11H2,1-3H3,(H2,23,24,27). The summed E-state index contributed by atoms with van der Waals surface area (Å²) in [6.45, 7) is 6.72. The lowest BCUT2D eigenvalue weighted by molar-refractivity contribution is 0.659. The second kappa shape index (κ2) is 8.42. The molecule has 0 unspecified atom stereocenters. The Morgan fingerprint density at radius 2 is 1.81 bits per heavy atom. The molecule has 0 saturated carbocycles. The zero-order valence-electron chi connectivity index (χ0n) is 15.3. The molecule has 0 fully saturated rings. The van der Waals surface area contributed by atoms with E-state index >= 15 is 0 Å². The molecule has 2 aromatic carbocycles. The predicted octanol–water partition coefficient (Wildman–Crippen LogP) is 6.08. The van der Waals surface area contributed by atoms with E-state index in [-0.39, 0.29) is 0 Å². The van der Waals surface area contributed by atoms with Crippen LogP contribution >= 0.6 is 39.7 Å². The Bertz CT molecular complexity index is 982. The number of halogens is 2. The van der Waals surface area contributed by atoms with Gasteiger partial charge in [0.05, 0.1) is 23.6 Å². The summed E-state index contributed by atoms with van der Waals surface area (Å²) in [5, 5.41) is 12.3. The van der Waals surface area contributed by atoms with Gasteiger partial charge in [-0.15, -0.1) is 0 Å². The summed E-state index contributed by atoms with van der Waals surface area (Å²) in [4.78, 5) is 0. The zero-order chi connectivity index (χ0) is 19.6. The Labute approximate surface area is 178 Å². The van der Waals surface area contributed by atoms with Crippen molar-refractivity contribution in [2.24, 2.45) is 0 Å². The number of hydrogen-bond acceptors (Lipinski definition) is 2. The summed E-state index contributed by atoms with van der Waals surface area (Å²) >= 11 is 15.0. The molecule has 0 bridgehead atoms. The van der Waals surface area contributed by atoms with Crippen LogP contribution in [0.15, 0.2) is 46.9 Å². The second-order valence-electron chi connectivity index (χ2n) is 6.37. The normalized spacial score (nSPS) is 10.7. The second-order valence-corrected chi connectivity index (χ2v) is 8.13. The number of thiocarbonyl (C=S) groups is 1. The van der Waals surface area contributed by atoms with Gasteiger partial charge in [-0.2, -0.15) is 5.10 Å². The van der Waals surface area contributed by atoms with Crippen molar-refractivity contribution < 1.29 is 0 Å². The number of nitrogens with zero attached hydrogens (tertiary/aromatic N) is 2. The van der Waals surface area contributed by atoms with Crippen molar-refractivity contribution in [1.82, 2.24) is 9.78 Å². The van der Waals surface area contributed by atoms with Crippen molar-refractivity contribution >= 4 is 56.2 Å². The molecule has 0 spiro atoms. The lowest BCUT2D eigenvalue weighted by atomic mass is 10.2. The number of anilines is 2. The number of rotatable bonds is 4. The van der Waals surface area contributed by atoms with Crippen molar-refractivity contribution in [3.8, 4) is 0 Å². The zero-order valence-corrected chi connectivity index (χ0v) is 18.5. The fraction of sp³-hybridized carbons (Fsp3) is 0.200. The Morgan fingerprint density at radius 1 is 1.11 bits per heavy atom. The van der Waals surface area contributed by atoms with Gasteiger partial charge in [0.1, 0.15) is 0 Å². The van der Waals surface area contributed by atoms with Crippen molar-refractivity contribution in [3.63, 3.8) is 0 Å². The summed E-state index contributed by atoms with van der Waals surface area (Å²) in [7, 11) is 0. The molecule has 140 valence electrons. The lowest BCUT2D eigenvalue weighted by Crippen LogP contribution is -2.20. The summed E-state index contributed by atoms with van der Waals surface area (Å²) in [6, 6.07) is 13.9. The summed E-state index contributed by atoms with van der Waals surface area (Å²) < 4.78 is 3.04. The van der Waals surface area contributed by atoms with Gasteiger partial charge in [0, 0.05) is 15.2 Å². The van der Waals surface area contributed by atoms with Gasteiger partial charge in [-0.3, -0.25) is 4.68 Å². The van der Waals surface area contributed by atoms with Crippen LogP contribution in [-0.2, 0) is 6.54 Å². The maximum Gasteiger partial charge on any atom is 0.175 e. The average molecular weight is 464 g/mol. The Balaban J connectivity index is 1.75. The Kier molecular flexibility index (Phi) is 6.19. The largest absolute Gasteiger partial charge is 0.332 e. The third-order valence-electron chi connectivity index (χ3n) is 4.31. The molecule has 0 aliphatic rings. The quantitative estimate of drug-likeness (QED) is 0.460. The Hall–Kier alpha value is -1.89. The van der Waals surface area contributed by atoms with Crippen LogP contribution in [0.1, 0.15) is 22.5 Å². The summed E-state index contributed by atoms with van der Waals surface area (Å²) in [5.74, 6) is 0. The highest BCUT2D eigenvalue weighted by Crippen LogP contribution is 2.23. The molecule has 0 saturated heterocycles. The molecule has 3 rings (SSSR count). The topological polar surface area (TPSA) is 41.9 Å². The highest BCUT2D eigenvalue weighted by Gasteiger charge is 2.13. The molecular weight excluding hydrogens is 444 g/mol. The van der Waals surface area contributed by atoms with Crippen molar-refractivity contribution in [3.05, 3.63) is 74.5 Å². The van der Waals surface area contributed by atoms with Crippen molar-refractivity contribution in [2.45, 2.75) is 27.3 Å². The maximum atomic E-state index is 6.08. The maximum absolute atomic E-state index is 6.08. The SMILES string of the molecule is Cc1ccc(Cl)cc1NC(=S)Nc1c(C)nn(Cc2ccc(Br)cc2)c1C. The number of nitrogens with one attached hydrogen (secondary N) is 2. The first kappa shape index (κ1) is 19.9. The molecule has 0 aliphatic carbocycles. The first-order valence-electron chi connectivity index (χ1n) is 8.46. The highest BCUT2D eigenvalue weighted by molar-refractivity contribution is 9.10. The van der Waals surface area contributed by atoms with E-state index in [9.17, 15) is 0 Å². The first-order valence-corrected chi connectivity index (χ1v) is 10.0. The molecule has 0 aliphatic heterocycles. The monoisotopic (exact) mass is 462 g/mol. The molecule has 4 nitrogen and oxygen atoms in total. The minimum Gasteiger partial charge on any atom is -0.332 e. The van der Waals surface area contributed by atoms with Gasteiger partial charge < -0.3 is 10.6 Å². The molecule has 1 aromatic heterocycles. The van der Waals surface area contributed by atoms with Gasteiger partial charge in [0.25, 0.3) is 0 Å². The number of benzene rings is 2. The van der Waals surface area contributed by atoms with Crippen LogP contribution in [0.4, 0.5) is 11.4 Å². The average Bonchev–Trinajstić information content (AvgIpc) is 2.87. The van der Waals surface area contributed by atoms with Gasteiger partial charge >= 0.3 is 0 Å². The van der Waals surface area contributed by atoms with Crippen LogP contribution in [0.25, 0.3) is 0 Å². The molecule has 0 amide bonds. The molecule has 7 heteroatoms. The molecule has 1 heterocycles. The van der Waals surface area contributed by atoms with Crippen molar-refractivity contribution in [1.29, 1.82) is 0 Å². The smallest absolute Gasteiger partial charge is 0.175 e. The molecule has 0 radical (unpaired) electrons. The van der Waals surface area contributed by atoms with Crippen molar-refractivity contribution in [2.75, 3.05) is 10.6 Å².